The Morgan fingerprint density at radius 2 is 0.774 bits per heavy atom. The second-order valence-corrected chi connectivity index (χ2v) is 31.3. The molecule has 3 amide bonds. The molecule has 1 aliphatic rings. The summed E-state index contributed by atoms with van der Waals surface area (Å²) in [5.74, 6) is -10.6. The van der Waals surface area contributed by atoms with Gasteiger partial charge in [-0.3, -0.25) is 61.9 Å². The van der Waals surface area contributed by atoms with E-state index in [1.54, 1.807) is 145 Å². The van der Waals surface area contributed by atoms with E-state index in [9.17, 15) is 103 Å². The van der Waals surface area contributed by atoms with Crippen LogP contribution >= 0.6 is 80.9 Å². The van der Waals surface area contributed by atoms with Gasteiger partial charge in [0.1, 0.15) is 58.6 Å². The van der Waals surface area contributed by atoms with Gasteiger partial charge in [0.2, 0.25) is 6.41 Å². The van der Waals surface area contributed by atoms with Crippen LogP contribution < -0.4 is 16.0 Å². The lowest BCUT2D eigenvalue weighted by Gasteiger charge is -2.16. The Morgan fingerprint density at radius 3 is 1.15 bits per heavy atom. The number of thiophene rings is 1. The van der Waals surface area contributed by atoms with E-state index in [4.69, 9.17) is 69.6 Å². The van der Waals surface area contributed by atoms with Crippen LogP contribution in [0.1, 0.15) is 160 Å². The lowest BCUT2D eigenvalue weighted by Crippen LogP contribution is -2.45. The maximum absolute atomic E-state index is 13.4. The molecule has 0 radical (unpaired) electrons. The number of carboxylic acid groups (broad SMARTS) is 3. The van der Waals surface area contributed by atoms with Crippen molar-refractivity contribution >= 4 is 197 Å². The lowest BCUT2D eigenvalue weighted by molar-refractivity contribution is -0.141. The van der Waals surface area contributed by atoms with Crippen molar-refractivity contribution in [1.82, 2.24) is 25.1 Å². The highest BCUT2D eigenvalue weighted by molar-refractivity contribution is 7.12. The normalized spacial score (nSPS) is 12.6. The van der Waals surface area contributed by atoms with Crippen LogP contribution in [0.4, 0.5) is 5.69 Å². The Balaban J connectivity index is 0.000000182. The van der Waals surface area contributed by atoms with Gasteiger partial charge in [0, 0.05) is 71.6 Å². The minimum Gasteiger partial charge on any atom is -0.508 e. The van der Waals surface area contributed by atoms with Gasteiger partial charge < -0.3 is 51.7 Å². The van der Waals surface area contributed by atoms with Crippen molar-refractivity contribution < 1.29 is 103 Å². The molecule has 4 heterocycles. The topological polar surface area (TPSA) is 439 Å². The van der Waals surface area contributed by atoms with E-state index in [1.807, 2.05) is 0 Å². The number of para-hydroxylation sites is 3. The number of phenolic OH excluding ortho intramolecular Hbond substituents is 3. The number of Topliss-reactive ketones (excluding diaryl/α,β-unsaturated/α-hetero) is 6. The molecule has 0 aliphatic carbocycles. The summed E-state index contributed by atoms with van der Waals surface area (Å²) in [6, 6.07) is 48.5. The summed E-state index contributed by atoms with van der Waals surface area (Å²) in [7, 11) is 0. The van der Waals surface area contributed by atoms with Crippen molar-refractivity contribution in [2.24, 2.45) is 4.99 Å². The minimum absolute atomic E-state index is 0.0824. The number of hydrogen-bond acceptors (Lipinski definition) is 20. The maximum atomic E-state index is 13.4. The number of carbonyl (C=O) groups excluding carboxylic acids is 11. The molecule has 34 heteroatoms. The first kappa shape index (κ1) is 91.5. The van der Waals surface area contributed by atoms with Crippen LogP contribution in [0.5, 0.6) is 17.2 Å². The zero-order valence-electron chi connectivity index (χ0n) is 64.3. The average Bonchev–Trinajstić information content (AvgIpc) is 1.61. The van der Waals surface area contributed by atoms with Gasteiger partial charge in [0.15, 0.2) is 34.7 Å². The number of nitrogens with zero attached hydrogens (tertiary/aromatic N) is 3. The number of halogens is 6. The number of nitrogens with one attached hydrogen (secondary N) is 3. The number of carbonyl (C=O) groups is 14. The van der Waals surface area contributed by atoms with Crippen LogP contribution in [0.2, 0.25) is 30.1 Å². The number of rotatable bonds is 32. The van der Waals surface area contributed by atoms with Crippen LogP contribution in [-0.2, 0) is 43.2 Å². The molecule has 12 aromatic rings. The number of aliphatic carboxylic acids is 3. The van der Waals surface area contributed by atoms with Crippen molar-refractivity contribution in [3.05, 3.63) is 314 Å². The van der Waals surface area contributed by atoms with Gasteiger partial charge in [0.05, 0.1) is 68.4 Å². The van der Waals surface area contributed by atoms with Crippen LogP contribution in [0.25, 0.3) is 21.8 Å². The molecular formula is C90H68Cl6N6O21S. The number of benzene rings is 9. The van der Waals surface area contributed by atoms with Gasteiger partial charge >= 0.3 is 17.9 Å². The van der Waals surface area contributed by atoms with E-state index in [0.717, 1.165) is 21.3 Å². The molecule has 124 heavy (non-hydrogen) atoms. The summed E-state index contributed by atoms with van der Waals surface area (Å²) in [5, 5.41) is 77.3. The van der Waals surface area contributed by atoms with Gasteiger partial charge in [-0.1, -0.05) is 167 Å². The molecular weight excluding hydrogens is 1750 g/mol. The summed E-state index contributed by atoms with van der Waals surface area (Å²) in [5.41, 5.74) is 3.41. The van der Waals surface area contributed by atoms with Gasteiger partial charge in [-0.2, -0.15) is 0 Å². The van der Waals surface area contributed by atoms with Crippen LogP contribution in [0.3, 0.4) is 0 Å². The smallest absolute Gasteiger partial charge is 0.326 e. The highest BCUT2D eigenvalue weighted by atomic mass is 35.5. The molecule has 0 fully saturated rings. The fourth-order valence-corrected chi connectivity index (χ4v) is 16.1. The first-order valence-electron chi connectivity index (χ1n) is 37.4. The van der Waals surface area contributed by atoms with E-state index >= 15 is 0 Å². The first-order chi connectivity index (χ1) is 59.2. The number of phenols is 3. The Bertz CT molecular complexity index is 6270. The van der Waals surface area contributed by atoms with E-state index in [-0.39, 0.29) is 134 Å². The van der Waals surface area contributed by atoms with Crippen molar-refractivity contribution in [3.8, 4) is 17.2 Å². The predicted molar refractivity (Wildman–Crippen MR) is 464 cm³/mol. The van der Waals surface area contributed by atoms with Crippen LogP contribution in [0.15, 0.2) is 217 Å². The predicted octanol–water partition coefficient (Wildman–Crippen LogP) is 16.1. The lowest BCUT2D eigenvalue weighted by atomic mass is 9.98. The SMILES string of the molecule is O=C(CCc1cccc(O)c1)c1cc(Cl)c(C(=O)C[C@H](NC(=O)c2cc3ccccc3n2C(=O)c2cccs2)C(=O)O)c(Cl)c1.O=C(N[C@@H](CC(=O)c1c(Cl)cc(C(=O)CCc2cccc(O)c2)cc1Cl)C(=O)O)C1=Nc2ccccc2C1O.O=Cn1c(C(=O)N[C@@H](CC(=O)c2c(Cl)cc(C(=O)CCc3cccc(O)c3)cc2Cl)C(=O)O)cc2ccccc21. The summed E-state index contributed by atoms with van der Waals surface area (Å²) < 4.78 is 2.29. The van der Waals surface area contributed by atoms with Crippen molar-refractivity contribution in [2.45, 2.75) is 82.0 Å². The number of hydrogen-bond donors (Lipinski definition) is 10. The molecule has 1 unspecified atom stereocenters. The molecule has 13 rings (SSSR count). The Labute approximate surface area is 737 Å². The Morgan fingerprint density at radius 1 is 0.411 bits per heavy atom. The van der Waals surface area contributed by atoms with Crippen molar-refractivity contribution in [2.75, 3.05) is 0 Å². The molecule has 0 saturated carbocycles. The third-order valence-corrected chi connectivity index (χ3v) is 22.1. The van der Waals surface area contributed by atoms with Crippen molar-refractivity contribution in [3.63, 3.8) is 0 Å². The third kappa shape index (κ3) is 22.3. The quantitative estimate of drug-likeness (QED) is 0.0138. The molecule has 1 aliphatic heterocycles. The first-order valence-corrected chi connectivity index (χ1v) is 40.5. The highest BCUT2D eigenvalue weighted by Gasteiger charge is 2.36. The number of ketones is 6. The van der Waals surface area contributed by atoms with E-state index in [0.29, 0.717) is 63.6 Å². The van der Waals surface area contributed by atoms with Crippen LogP contribution in [-0.4, -0.2) is 151 Å². The number of aryl methyl sites for hydroxylation is 3. The fourth-order valence-electron chi connectivity index (χ4n) is 13.4. The van der Waals surface area contributed by atoms with Gasteiger partial charge in [-0.05, 0) is 151 Å². The molecule has 632 valence electrons. The number of aliphatic hydroxyl groups is 1. The van der Waals surface area contributed by atoms with Crippen LogP contribution in [0, 0.1) is 0 Å². The number of amides is 3. The molecule has 10 N–H and O–H groups in total. The zero-order valence-corrected chi connectivity index (χ0v) is 69.7. The highest BCUT2D eigenvalue weighted by Crippen LogP contribution is 2.37. The van der Waals surface area contributed by atoms with Gasteiger partial charge in [0.25, 0.3) is 23.6 Å². The number of aliphatic imine (C=N–C) groups is 1. The monoisotopic (exact) mass is 1810 g/mol. The van der Waals surface area contributed by atoms with E-state index in [2.05, 4.69) is 20.9 Å². The fraction of sp³-hybridized carbons (Fsp3) is 0.144. The maximum Gasteiger partial charge on any atom is 0.326 e. The number of fused-ring (bicyclic) bond motifs is 3. The second kappa shape index (κ2) is 41.1. The van der Waals surface area contributed by atoms with E-state index in [1.165, 1.54) is 82.6 Å². The largest absolute Gasteiger partial charge is 0.508 e. The summed E-state index contributed by atoms with van der Waals surface area (Å²) in [6.45, 7) is 0. The summed E-state index contributed by atoms with van der Waals surface area (Å²) in [6.07, 6.45) is -1.66. The second-order valence-electron chi connectivity index (χ2n) is 27.9. The third-order valence-electron chi connectivity index (χ3n) is 19.5. The molecule has 9 aromatic carbocycles. The summed E-state index contributed by atoms with van der Waals surface area (Å²) >= 11 is 39.1. The number of aromatic nitrogens is 2. The molecule has 3 aromatic heterocycles. The molecule has 27 nitrogen and oxygen atoms in total. The number of aromatic hydroxyl groups is 3. The Kier molecular flexibility index (Phi) is 30.3. The summed E-state index contributed by atoms with van der Waals surface area (Å²) in [4.78, 5) is 182. The molecule has 0 bridgehead atoms. The standard InChI is InChI=1S/C33H24Cl2N2O7S.C29H22Cl2N2O7.C28H22Cl2N2O7/c34-22-14-20(27(39)11-10-18-5-3-7-21(38)13-18)15-23(35)30(22)28(40)17-24(33(43)44)36-31(41)26-16-19-6-1-2-8-25(19)37(26)32(42)29-9-4-12-45-29;30-20-11-18(25(36)9-8-16-4-3-6-19(35)10-16)12-21(31)27(20)26(37)14-22(29(39)40)32-28(38)24-13-17-5-1-2-7-23(17)33(24)15-34;29-18-11-15(22(34)9-8-14-4-3-5-16(33)10-14)12-19(30)24(18)23(35)13-21(28(38)39)32-27(37)25-26(36)17-6-1-2-7-20(17)31-25/h1-9,12-16,24,38H,10-11,17H2,(H,36,41)(H,43,44);1-7,10-13,15,22,35H,8-9,14H2,(H,32,38)(H,39,40);1-7,10-12,21,26,33,36H,8-9,13H2,(H,32,37)(H,38,39)/t24-;22-;21-,26?/m000/s1. The van der Waals surface area contributed by atoms with E-state index < -0.39 is 102 Å². The minimum atomic E-state index is -1.69. The number of aliphatic hydroxyl groups excluding tert-OH is 1. The zero-order chi connectivity index (χ0) is 89.5. The number of carboxylic acids is 3. The van der Waals surface area contributed by atoms with Crippen molar-refractivity contribution in [1.29, 1.82) is 0 Å². The molecule has 4 atom stereocenters. The van der Waals surface area contributed by atoms with Gasteiger partial charge in [-0.15, -0.1) is 11.3 Å². The van der Waals surface area contributed by atoms with Gasteiger partial charge in [-0.25, -0.2) is 19.4 Å². The Hall–Kier alpha value is -13.3. The average molecular weight is 1810 g/mol. The molecule has 0 spiro atoms. The molecule has 0 saturated heterocycles.